The molecule has 1 aromatic heterocycles. The van der Waals surface area contributed by atoms with Gasteiger partial charge in [0.25, 0.3) is 0 Å². The van der Waals surface area contributed by atoms with Crippen molar-refractivity contribution in [2.24, 2.45) is 0 Å². The molecule has 1 amide bonds. The maximum atomic E-state index is 12.9. The Kier molecular flexibility index (Phi) is 7.65. The van der Waals surface area contributed by atoms with Crippen molar-refractivity contribution in [2.45, 2.75) is 18.1 Å². The lowest BCUT2D eigenvalue weighted by molar-refractivity contribution is -0.127. The Balaban J connectivity index is 1.46. The van der Waals surface area contributed by atoms with Gasteiger partial charge < -0.3 is 9.80 Å². The Morgan fingerprint density at radius 3 is 2.12 bits per heavy atom. The molecule has 0 saturated heterocycles. The standard InChI is InChI=1S/C27H29N5OS/c1-30(2)23-16-14-22(15-17-23)19-31(3)26(33)20-34-27-29-28-25(18-21-10-6-4-7-11-21)32(27)24-12-8-5-9-13-24/h4-17H,18-20H2,1-3H3. The van der Waals surface area contributed by atoms with Crippen LogP contribution in [0, 0.1) is 0 Å². The van der Waals surface area contributed by atoms with Gasteiger partial charge in [0.1, 0.15) is 5.82 Å². The number of anilines is 1. The highest BCUT2D eigenvalue weighted by molar-refractivity contribution is 7.99. The number of para-hydroxylation sites is 1. The van der Waals surface area contributed by atoms with Gasteiger partial charge in [-0.15, -0.1) is 10.2 Å². The maximum Gasteiger partial charge on any atom is 0.233 e. The zero-order chi connectivity index (χ0) is 23.9. The Labute approximate surface area is 205 Å². The molecule has 34 heavy (non-hydrogen) atoms. The first-order chi connectivity index (χ1) is 16.5. The van der Waals surface area contributed by atoms with Crippen molar-refractivity contribution in [3.05, 3.63) is 102 Å². The second kappa shape index (κ2) is 11.0. The minimum atomic E-state index is 0.0499. The fourth-order valence-electron chi connectivity index (χ4n) is 3.62. The third-order valence-corrected chi connectivity index (χ3v) is 6.46. The van der Waals surface area contributed by atoms with Gasteiger partial charge in [-0.05, 0) is 35.4 Å². The molecule has 3 aromatic carbocycles. The summed E-state index contributed by atoms with van der Waals surface area (Å²) in [6.07, 6.45) is 0.667. The zero-order valence-electron chi connectivity index (χ0n) is 19.8. The van der Waals surface area contributed by atoms with Crippen molar-refractivity contribution < 1.29 is 4.79 Å². The summed E-state index contributed by atoms with van der Waals surface area (Å²) in [4.78, 5) is 16.7. The third kappa shape index (κ3) is 5.85. The van der Waals surface area contributed by atoms with Crippen molar-refractivity contribution in [2.75, 3.05) is 31.8 Å². The number of benzene rings is 3. The van der Waals surface area contributed by atoms with E-state index < -0.39 is 0 Å². The average Bonchev–Trinajstić information content (AvgIpc) is 3.26. The van der Waals surface area contributed by atoms with Crippen LogP contribution < -0.4 is 4.90 Å². The molecule has 1 heterocycles. The van der Waals surface area contributed by atoms with Crippen LogP contribution in [0.5, 0.6) is 0 Å². The van der Waals surface area contributed by atoms with Gasteiger partial charge in [-0.3, -0.25) is 9.36 Å². The zero-order valence-corrected chi connectivity index (χ0v) is 20.6. The van der Waals surface area contributed by atoms with E-state index in [0.717, 1.165) is 22.8 Å². The number of amides is 1. The summed E-state index contributed by atoms with van der Waals surface area (Å²) in [6, 6.07) is 28.5. The molecule has 0 fully saturated rings. The number of hydrogen-bond acceptors (Lipinski definition) is 5. The van der Waals surface area contributed by atoms with Gasteiger partial charge in [-0.25, -0.2) is 0 Å². The molecule has 0 radical (unpaired) electrons. The van der Waals surface area contributed by atoms with E-state index in [2.05, 4.69) is 51.5 Å². The molecule has 0 bridgehead atoms. The molecule has 7 heteroatoms. The number of nitrogens with zero attached hydrogens (tertiary/aromatic N) is 5. The molecule has 0 N–H and O–H groups in total. The lowest BCUT2D eigenvalue weighted by Gasteiger charge is -2.18. The van der Waals surface area contributed by atoms with Gasteiger partial charge in [-0.1, -0.05) is 72.4 Å². The van der Waals surface area contributed by atoms with Gasteiger partial charge in [0.15, 0.2) is 5.16 Å². The summed E-state index contributed by atoms with van der Waals surface area (Å²) in [5.74, 6) is 1.19. The van der Waals surface area contributed by atoms with Gasteiger partial charge in [0.2, 0.25) is 5.91 Å². The highest BCUT2D eigenvalue weighted by Crippen LogP contribution is 2.24. The molecular formula is C27H29N5OS. The second-order valence-corrected chi connectivity index (χ2v) is 9.27. The topological polar surface area (TPSA) is 54.3 Å². The smallest absolute Gasteiger partial charge is 0.233 e. The van der Waals surface area contributed by atoms with E-state index in [1.54, 1.807) is 4.90 Å². The molecule has 0 saturated carbocycles. The lowest BCUT2D eigenvalue weighted by Crippen LogP contribution is -2.28. The normalized spacial score (nSPS) is 10.8. The number of rotatable bonds is 9. The van der Waals surface area contributed by atoms with Crippen molar-refractivity contribution in [1.82, 2.24) is 19.7 Å². The van der Waals surface area contributed by atoms with Crippen LogP contribution >= 0.6 is 11.8 Å². The summed E-state index contributed by atoms with van der Waals surface area (Å²) >= 11 is 1.42. The predicted octanol–water partition coefficient (Wildman–Crippen LogP) is 4.67. The monoisotopic (exact) mass is 471 g/mol. The van der Waals surface area contributed by atoms with Crippen LogP contribution in [0.2, 0.25) is 0 Å². The first-order valence-electron chi connectivity index (χ1n) is 11.2. The largest absolute Gasteiger partial charge is 0.378 e. The number of carbonyl (C=O) groups is 1. The van der Waals surface area contributed by atoms with E-state index in [-0.39, 0.29) is 5.91 Å². The molecule has 0 aliphatic rings. The van der Waals surface area contributed by atoms with Gasteiger partial charge in [-0.2, -0.15) is 0 Å². The second-order valence-electron chi connectivity index (χ2n) is 8.33. The SMILES string of the molecule is CN(Cc1ccc(N(C)C)cc1)C(=O)CSc1nnc(Cc2ccccc2)n1-c1ccccc1. The number of hydrogen-bond donors (Lipinski definition) is 0. The molecule has 6 nitrogen and oxygen atoms in total. The van der Waals surface area contributed by atoms with Crippen LogP contribution in [0.15, 0.2) is 90.1 Å². The molecule has 0 unspecified atom stereocenters. The van der Waals surface area contributed by atoms with Crippen LogP contribution in [0.25, 0.3) is 5.69 Å². The van der Waals surface area contributed by atoms with Crippen molar-refractivity contribution in [3.63, 3.8) is 0 Å². The Hall–Kier alpha value is -3.58. The molecule has 174 valence electrons. The molecule has 0 aliphatic heterocycles. The average molecular weight is 472 g/mol. The maximum absolute atomic E-state index is 12.9. The van der Waals surface area contributed by atoms with Crippen LogP contribution in [-0.4, -0.2) is 52.5 Å². The lowest BCUT2D eigenvalue weighted by atomic mass is 10.1. The van der Waals surface area contributed by atoms with E-state index in [1.165, 1.54) is 17.3 Å². The molecule has 4 rings (SSSR count). The quantitative estimate of drug-likeness (QED) is 0.332. The summed E-state index contributed by atoms with van der Waals surface area (Å²) in [6.45, 7) is 0.567. The van der Waals surface area contributed by atoms with E-state index >= 15 is 0 Å². The van der Waals surface area contributed by atoms with Gasteiger partial charge in [0.05, 0.1) is 5.75 Å². The number of thioether (sulfide) groups is 1. The van der Waals surface area contributed by atoms with Gasteiger partial charge in [0, 0.05) is 45.5 Å². The number of carbonyl (C=O) groups excluding carboxylic acids is 1. The molecular weight excluding hydrogens is 442 g/mol. The molecule has 0 atom stereocenters. The van der Waals surface area contributed by atoms with Crippen LogP contribution in [0.4, 0.5) is 5.69 Å². The Bertz CT molecular complexity index is 1210. The minimum Gasteiger partial charge on any atom is -0.378 e. The first-order valence-corrected chi connectivity index (χ1v) is 12.2. The third-order valence-electron chi connectivity index (χ3n) is 5.54. The molecule has 0 spiro atoms. The van der Waals surface area contributed by atoms with E-state index in [9.17, 15) is 4.79 Å². The first kappa shape index (κ1) is 23.6. The summed E-state index contributed by atoms with van der Waals surface area (Å²) in [5, 5.41) is 9.61. The van der Waals surface area contributed by atoms with E-state index in [4.69, 9.17) is 0 Å². The fourth-order valence-corrected chi connectivity index (χ4v) is 4.53. The Morgan fingerprint density at radius 2 is 1.47 bits per heavy atom. The summed E-state index contributed by atoms with van der Waals surface area (Å²) in [5.41, 5.74) is 4.39. The molecule has 0 aliphatic carbocycles. The number of aromatic nitrogens is 3. The summed E-state index contributed by atoms with van der Waals surface area (Å²) < 4.78 is 2.05. The van der Waals surface area contributed by atoms with E-state index in [1.807, 2.05) is 74.2 Å². The van der Waals surface area contributed by atoms with Crippen LogP contribution in [0.1, 0.15) is 17.0 Å². The highest BCUT2D eigenvalue weighted by atomic mass is 32.2. The fraction of sp³-hybridized carbons (Fsp3) is 0.222. The van der Waals surface area contributed by atoms with E-state index in [0.29, 0.717) is 23.9 Å². The van der Waals surface area contributed by atoms with Gasteiger partial charge >= 0.3 is 0 Å². The van der Waals surface area contributed by atoms with Crippen LogP contribution in [-0.2, 0) is 17.8 Å². The van der Waals surface area contributed by atoms with Crippen molar-refractivity contribution >= 4 is 23.4 Å². The minimum absolute atomic E-state index is 0.0499. The Morgan fingerprint density at radius 1 is 0.824 bits per heavy atom. The van der Waals surface area contributed by atoms with Crippen LogP contribution in [0.3, 0.4) is 0 Å². The predicted molar refractivity (Wildman–Crippen MR) is 139 cm³/mol. The highest BCUT2D eigenvalue weighted by Gasteiger charge is 2.17. The van der Waals surface area contributed by atoms with Crippen molar-refractivity contribution in [3.8, 4) is 5.69 Å². The molecule has 4 aromatic rings. The van der Waals surface area contributed by atoms with Crippen molar-refractivity contribution in [1.29, 1.82) is 0 Å². The summed E-state index contributed by atoms with van der Waals surface area (Å²) in [7, 11) is 5.87.